The van der Waals surface area contributed by atoms with Gasteiger partial charge in [0.15, 0.2) is 6.04 Å². The van der Waals surface area contributed by atoms with Gasteiger partial charge >= 0.3 is 0 Å². The van der Waals surface area contributed by atoms with Gasteiger partial charge in [0.2, 0.25) is 0 Å². The summed E-state index contributed by atoms with van der Waals surface area (Å²) in [6.07, 6.45) is 0. The predicted molar refractivity (Wildman–Crippen MR) is 92.9 cm³/mol. The molecule has 2 aromatic carbocycles. The number of halogens is 1. The predicted octanol–water partition coefficient (Wildman–Crippen LogP) is 3.00. The molecule has 0 spiro atoms. The highest BCUT2D eigenvalue weighted by Crippen LogP contribution is 2.27. The van der Waals surface area contributed by atoms with Crippen LogP contribution in [0.2, 0.25) is 5.02 Å². The number of methoxy groups -OCH3 is 1. The van der Waals surface area contributed by atoms with Crippen LogP contribution in [0.5, 0.6) is 5.75 Å². The Hall–Kier alpha value is -2.04. The SMILES string of the molecule is COc1ccc(Cl)cc1NC(=O)[C@@H](C)[NH2+][C@@H](C)c1ccccc1. The first-order valence-electron chi connectivity index (χ1n) is 7.55. The van der Waals surface area contributed by atoms with E-state index in [1.54, 1.807) is 25.3 Å². The van der Waals surface area contributed by atoms with Crippen LogP contribution in [0.1, 0.15) is 25.5 Å². The molecule has 0 aromatic heterocycles. The molecule has 0 aliphatic heterocycles. The van der Waals surface area contributed by atoms with Crippen molar-refractivity contribution in [1.29, 1.82) is 0 Å². The van der Waals surface area contributed by atoms with Crippen LogP contribution in [0.4, 0.5) is 5.69 Å². The molecule has 0 fully saturated rings. The Bertz CT molecular complexity index is 661. The quantitative estimate of drug-likeness (QED) is 0.853. The minimum absolute atomic E-state index is 0.0895. The van der Waals surface area contributed by atoms with E-state index in [0.29, 0.717) is 16.5 Å². The summed E-state index contributed by atoms with van der Waals surface area (Å²) in [5.74, 6) is 0.499. The Morgan fingerprint density at radius 3 is 2.52 bits per heavy atom. The van der Waals surface area contributed by atoms with E-state index in [4.69, 9.17) is 16.3 Å². The molecule has 0 heterocycles. The number of ether oxygens (including phenoxy) is 1. The molecule has 5 heteroatoms. The first kappa shape index (κ1) is 17.3. The van der Waals surface area contributed by atoms with Crippen LogP contribution in [0.3, 0.4) is 0 Å². The molecular weight excluding hydrogens is 312 g/mol. The molecule has 0 saturated heterocycles. The van der Waals surface area contributed by atoms with Crippen LogP contribution in [0, 0.1) is 0 Å². The Morgan fingerprint density at radius 2 is 1.87 bits per heavy atom. The zero-order valence-electron chi connectivity index (χ0n) is 13.5. The van der Waals surface area contributed by atoms with Crippen molar-refractivity contribution >= 4 is 23.2 Å². The molecule has 2 rings (SSSR count). The van der Waals surface area contributed by atoms with Crippen LogP contribution in [-0.4, -0.2) is 19.1 Å². The van der Waals surface area contributed by atoms with Crippen LogP contribution in [0.15, 0.2) is 48.5 Å². The van der Waals surface area contributed by atoms with E-state index in [2.05, 4.69) is 24.4 Å². The molecule has 0 radical (unpaired) electrons. The lowest BCUT2D eigenvalue weighted by Gasteiger charge is -2.17. The lowest BCUT2D eigenvalue weighted by Crippen LogP contribution is -2.91. The maximum Gasteiger partial charge on any atom is 0.282 e. The van der Waals surface area contributed by atoms with E-state index in [1.807, 2.05) is 30.4 Å². The first-order chi connectivity index (χ1) is 11.0. The summed E-state index contributed by atoms with van der Waals surface area (Å²) in [6, 6.07) is 15.2. The van der Waals surface area contributed by atoms with Crippen molar-refractivity contribution in [2.45, 2.75) is 25.9 Å². The highest BCUT2D eigenvalue weighted by Gasteiger charge is 2.21. The van der Waals surface area contributed by atoms with Gasteiger partial charge in [-0.15, -0.1) is 0 Å². The van der Waals surface area contributed by atoms with Gasteiger partial charge in [0.05, 0.1) is 12.8 Å². The van der Waals surface area contributed by atoms with Gasteiger partial charge in [-0.1, -0.05) is 41.9 Å². The third-order valence-electron chi connectivity index (χ3n) is 3.74. The molecule has 0 unspecified atom stereocenters. The van der Waals surface area contributed by atoms with Gasteiger partial charge < -0.3 is 15.4 Å². The van der Waals surface area contributed by atoms with Crippen LogP contribution in [-0.2, 0) is 4.79 Å². The maximum absolute atomic E-state index is 12.4. The van der Waals surface area contributed by atoms with E-state index < -0.39 is 0 Å². The average Bonchev–Trinajstić information content (AvgIpc) is 2.55. The number of hydrogen-bond acceptors (Lipinski definition) is 2. The van der Waals surface area contributed by atoms with Crippen LogP contribution >= 0.6 is 11.6 Å². The number of anilines is 1. The standard InChI is InChI=1S/C18H21ClN2O2/c1-12(14-7-5-4-6-8-14)20-13(2)18(22)21-16-11-15(19)9-10-17(16)23-3/h4-13,20H,1-3H3,(H,21,22)/p+1/t12-,13+/m0/s1. The highest BCUT2D eigenvalue weighted by atomic mass is 35.5. The van der Waals surface area contributed by atoms with Crippen molar-refractivity contribution < 1.29 is 14.8 Å². The fourth-order valence-corrected chi connectivity index (χ4v) is 2.58. The fourth-order valence-electron chi connectivity index (χ4n) is 2.41. The second kappa shape index (κ2) is 7.99. The molecule has 2 aromatic rings. The van der Waals surface area contributed by atoms with E-state index in [9.17, 15) is 4.79 Å². The van der Waals surface area contributed by atoms with Crippen LogP contribution < -0.4 is 15.4 Å². The average molecular weight is 334 g/mol. The summed E-state index contributed by atoms with van der Waals surface area (Å²) in [7, 11) is 1.56. The van der Waals surface area contributed by atoms with Crippen molar-refractivity contribution in [1.82, 2.24) is 0 Å². The molecule has 4 nitrogen and oxygen atoms in total. The van der Waals surface area contributed by atoms with Crippen molar-refractivity contribution in [2.75, 3.05) is 12.4 Å². The number of quaternary nitrogens is 1. The molecule has 0 saturated carbocycles. The van der Waals surface area contributed by atoms with Crippen molar-refractivity contribution in [3.63, 3.8) is 0 Å². The number of amides is 1. The molecule has 1 amide bonds. The van der Waals surface area contributed by atoms with Gasteiger partial charge in [0.1, 0.15) is 11.8 Å². The first-order valence-corrected chi connectivity index (χ1v) is 7.93. The van der Waals surface area contributed by atoms with E-state index in [0.717, 1.165) is 0 Å². The zero-order valence-corrected chi connectivity index (χ0v) is 14.3. The smallest absolute Gasteiger partial charge is 0.282 e. The largest absolute Gasteiger partial charge is 0.495 e. The topological polar surface area (TPSA) is 54.9 Å². The summed E-state index contributed by atoms with van der Waals surface area (Å²) in [5, 5.41) is 5.46. The summed E-state index contributed by atoms with van der Waals surface area (Å²) in [5.41, 5.74) is 1.77. The van der Waals surface area contributed by atoms with Gasteiger partial charge in [-0.05, 0) is 32.0 Å². The lowest BCUT2D eigenvalue weighted by molar-refractivity contribution is -0.709. The number of carbonyl (C=O) groups excluding carboxylic acids is 1. The molecule has 3 N–H and O–H groups in total. The number of benzene rings is 2. The maximum atomic E-state index is 12.4. The van der Waals surface area contributed by atoms with E-state index in [-0.39, 0.29) is 18.0 Å². The fraction of sp³-hybridized carbons (Fsp3) is 0.278. The Morgan fingerprint density at radius 1 is 1.17 bits per heavy atom. The van der Waals surface area contributed by atoms with Crippen LogP contribution in [0.25, 0.3) is 0 Å². The molecule has 0 bridgehead atoms. The normalized spacial score (nSPS) is 13.2. The number of carbonyl (C=O) groups is 1. The van der Waals surface area contributed by atoms with Crippen molar-refractivity contribution in [3.05, 3.63) is 59.1 Å². The third-order valence-corrected chi connectivity index (χ3v) is 3.97. The summed E-state index contributed by atoms with van der Waals surface area (Å²) < 4.78 is 5.25. The highest BCUT2D eigenvalue weighted by molar-refractivity contribution is 6.31. The summed E-state index contributed by atoms with van der Waals surface area (Å²) in [6.45, 7) is 3.96. The molecule has 2 atom stereocenters. The number of nitrogens with two attached hydrogens (primary N) is 1. The molecule has 122 valence electrons. The number of hydrogen-bond donors (Lipinski definition) is 2. The molecular formula is C18H22ClN2O2+. The Kier molecular flexibility index (Phi) is 6.02. The lowest BCUT2D eigenvalue weighted by atomic mass is 10.1. The zero-order chi connectivity index (χ0) is 16.8. The van der Waals surface area contributed by atoms with E-state index in [1.165, 1.54) is 5.56 Å². The van der Waals surface area contributed by atoms with E-state index >= 15 is 0 Å². The Balaban J connectivity index is 2.02. The summed E-state index contributed by atoms with van der Waals surface area (Å²) >= 11 is 5.99. The van der Waals surface area contributed by atoms with Crippen molar-refractivity contribution in [3.8, 4) is 5.75 Å². The van der Waals surface area contributed by atoms with Crippen molar-refractivity contribution in [2.24, 2.45) is 0 Å². The monoisotopic (exact) mass is 333 g/mol. The minimum Gasteiger partial charge on any atom is -0.495 e. The number of rotatable bonds is 6. The molecule has 0 aliphatic rings. The Labute approximate surface area is 141 Å². The second-order valence-electron chi connectivity index (χ2n) is 5.51. The van der Waals surface area contributed by atoms with Gasteiger partial charge in [0.25, 0.3) is 5.91 Å². The second-order valence-corrected chi connectivity index (χ2v) is 5.95. The number of nitrogens with one attached hydrogen (secondary N) is 1. The third kappa shape index (κ3) is 4.71. The van der Waals surface area contributed by atoms with Gasteiger partial charge in [-0.2, -0.15) is 0 Å². The van der Waals surface area contributed by atoms with Gasteiger partial charge in [0, 0.05) is 10.6 Å². The molecule has 23 heavy (non-hydrogen) atoms. The van der Waals surface area contributed by atoms with Gasteiger partial charge in [-0.25, -0.2) is 0 Å². The van der Waals surface area contributed by atoms with Gasteiger partial charge in [-0.3, -0.25) is 4.79 Å². The molecule has 0 aliphatic carbocycles. The minimum atomic E-state index is -0.242. The summed E-state index contributed by atoms with van der Waals surface area (Å²) in [4.78, 5) is 12.4.